The summed E-state index contributed by atoms with van der Waals surface area (Å²) in [6, 6.07) is 0. The van der Waals surface area contributed by atoms with Crippen LogP contribution in [0, 0.1) is 5.92 Å². The minimum Gasteiger partial charge on any atom is -0.392 e. The van der Waals surface area contributed by atoms with Crippen LogP contribution in [0.15, 0.2) is 0 Å². The summed E-state index contributed by atoms with van der Waals surface area (Å²) in [4.78, 5) is 9.30. The summed E-state index contributed by atoms with van der Waals surface area (Å²) in [5.74, 6) is 0.316. The van der Waals surface area contributed by atoms with Crippen LogP contribution in [0.5, 0.6) is 0 Å². The van der Waals surface area contributed by atoms with Crippen LogP contribution < -0.4 is 5.73 Å². The van der Waals surface area contributed by atoms with E-state index in [0.29, 0.717) is 12.3 Å². The Balaban J connectivity index is 2.51. The third-order valence-corrected chi connectivity index (χ3v) is 4.68. The van der Waals surface area contributed by atoms with Gasteiger partial charge in [0, 0.05) is 12.2 Å². The molecule has 3 atom stereocenters. The SMILES string of the molecule is NC[C@H](O)CC(C1CCCCC1)[PH](=O)O. The van der Waals surface area contributed by atoms with Crippen molar-refractivity contribution in [3.8, 4) is 0 Å². The Morgan fingerprint density at radius 3 is 2.40 bits per heavy atom. The molecule has 1 aliphatic carbocycles. The minimum absolute atomic E-state index is 0.179. The molecule has 0 bridgehead atoms. The summed E-state index contributed by atoms with van der Waals surface area (Å²) in [7, 11) is -2.54. The van der Waals surface area contributed by atoms with E-state index in [0.717, 1.165) is 25.7 Å². The fourth-order valence-electron chi connectivity index (χ4n) is 2.42. The topological polar surface area (TPSA) is 83.5 Å². The Morgan fingerprint density at radius 1 is 1.33 bits per heavy atom. The van der Waals surface area contributed by atoms with Gasteiger partial charge in [-0.1, -0.05) is 19.3 Å². The van der Waals surface area contributed by atoms with Crippen LogP contribution in [0.2, 0.25) is 0 Å². The van der Waals surface area contributed by atoms with Gasteiger partial charge in [-0.25, -0.2) is 0 Å². The van der Waals surface area contributed by atoms with Gasteiger partial charge in [-0.05, 0) is 25.2 Å². The van der Waals surface area contributed by atoms with Crippen molar-refractivity contribution < 1.29 is 14.6 Å². The van der Waals surface area contributed by atoms with Crippen LogP contribution in [0.1, 0.15) is 38.5 Å². The van der Waals surface area contributed by atoms with Gasteiger partial charge in [0.05, 0.1) is 6.10 Å². The lowest BCUT2D eigenvalue weighted by molar-refractivity contribution is 0.156. The molecule has 5 heteroatoms. The first-order valence-corrected chi connectivity index (χ1v) is 7.19. The molecule has 0 heterocycles. The molecule has 1 rings (SSSR count). The Hall–Kier alpha value is 0.110. The van der Waals surface area contributed by atoms with E-state index in [4.69, 9.17) is 5.73 Å². The molecule has 15 heavy (non-hydrogen) atoms. The lowest BCUT2D eigenvalue weighted by atomic mass is 9.85. The van der Waals surface area contributed by atoms with Crippen molar-refractivity contribution in [1.29, 1.82) is 0 Å². The summed E-state index contributed by atoms with van der Waals surface area (Å²) in [6.07, 6.45) is 5.34. The predicted octanol–water partition coefficient (Wildman–Crippen LogP) is 1.11. The highest BCUT2D eigenvalue weighted by Crippen LogP contribution is 2.39. The monoisotopic (exact) mass is 235 g/mol. The molecule has 0 saturated heterocycles. The number of hydrogen-bond donors (Lipinski definition) is 3. The van der Waals surface area contributed by atoms with Gasteiger partial charge in [0.1, 0.15) is 0 Å². The average molecular weight is 235 g/mol. The first kappa shape index (κ1) is 13.2. The number of rotatable bonds is 5. The number of hydrogen-bond acceptors (Lipinski definition) is 3. The van der Waals surface area contributed by atoms with Crippen LogP contribution in [0.25, 0.3) is 0 Å². The van der Waals surface area contributed by atoms with Gasteiger partial charge in [0.15, 0.2) is 8.03 Å². The molecule has 0 radical (unpaired) electrons. The van der Waals surface area contributed by atoms with E-state index in [1.165, 1.54) is 6.42 Å². The van der Waals surface area contributed by atoms with Crippen LogP contribution in [-0.4, -0.2) is 28.3 Å². The lowest BCUT2D eigenvalue weighted by Gasteiger charge is -2.29. The quantitative estimate of drug-likeness (QED) is 0.623. The molecule has 2 unspecified atom stereocenters. The molecule has 4 nitrogen and oxygen atoms in total. The first-order chi connectivity index (χ1) is 7.15. The van der Waals surface area contributed by atoms with Gasteiger partial charge < -0.3 is 15.7 Å². The third kappa shape index (κ3) is 4.23. The van der Waals surface area contributed by atoms with Crippen LogP contribution in [0.3, 0.4) is 0 Å². The largest absolute Gasteiger partial charge is 0.392 e. The van der Waals surface area contributed by atoms with Gasteiger partial charge >= 0.3 is 0 Å². The maximum atomic E-state index is 11.3. The van der Waals surface area contributed by atoms with Crippen LogP contribution in [-0.2, 0) is 4.57 Å². The van der Waals surface area contributed by atoms with Gasteiger partial charge in [-0.15, -0.1) is 0 Å². The Bertz CT molecular complexity index is 207. The fourth-order valence-corrected chi connectivity index (χ4v) is 3.63. The van der Waals surface area contributed by atoms with E-state index < -0.39 is 14.1 Å². The molecule has 90 valence electrons. The van der Waals surface area contributed by atoms with Crippen molar-refractivity contribution in [3.63, 3.8) is 0 Å². The standard InChI is InChI=1S/C10H22NO3P/c11-7-9(12)6-10(15(13)14)8-4-2-1-3-5-8/h8-10,12,15H,1-7,11H2,(H,13,14)/t9-,10?/m1/s1. The van der Waals surface area contributed by atoms with Crippen molar-refractivity contribution in [2.24, 2.45) is 11.7 Å². The summed E-state index contributed by atoms with van der Waals surface area (Å²) >= 11 is 0. The van der Waals surface area contributed by atoms with Crippen LogP contribution in [0.4, 0.5) is 0 Å². The number of aliphatic hydroxyl groups excluding tert-OH is 1. The molecule has 1 fully saturated rings. The molecule has 0 spiro atoms. The van der Waals surface area contributed by atoms with Gasteiger partial charge in [0.2, 0.25) is 0 Å². The zero-order valence-electron chi connectivity index (χ0n) is 9.06. The molecule has 1 saturated carbocycles. The molecular weight excluding hydrogens is 213 g/mol. The van der Waals surface area contributed by atoms with E-state index in [1.54, 1.807) is 0 Å². The number of aliphatic hydroxyl groups is 1. The molecule has 0 aromatic rings. The Labute approximate surface area is 91.7 Å². The van der Waals surface area contributed by atoms with Crippen molar-refractivity contribution >= 4 is 8.03 Å². The third-order valence-electron chi connectivity index (χ3n) is 3.33. The average Bonchev–Trinajstić information content (AvgIpc) is 2.26. The second-order valence-corrected chi connectivity index (χ2v) is 5.89. The fraction of sp³-hybridized carbons (Fsp3) is 1.00. The molecule has 0 amide bonds. The normalized spacial score (nSPS) is 24.7. The van der Waals surface area contributed by atoms with Crippen molar-refractivity contribution in [3.05, 3.63) is 0 Å². The second-order valence-electron chi connectivity index (χ2n) is 4.47. The highest BCUT2D eigenvalue weighted by atomic mass is 31.1. The summed E-state index contributed by atoms with van der Waals surface area (Å²) < 4.78 is 11.3. The zero-order valence-corrected chi connectivity index (χ0v) is 10.1. The molecule has 0 aromatic carbocycles. The zero-order chi connectivity index (χ0) is 11.3. The van der Waals surface area contributed by atoms with E-state index in [-0.39, 0.29) is 12.2 Å². The molecule has 0 aliphatic heterocycles. The predicted molar refractivity (Wildman–Crippen MR) is 61.3 cm³/mol. The molecule has 4 N–H and O–H groups in total. The van der Waals surface area contributed by atoms with E-state index in [2.05, 4.69) is 0 Å². The lowest BCUT2D eigenvalue weighted by Crippen LogP contribution is -2.29. The molecule has 0 aromatic heterocycles. The van der Waals surface area contributed by atoms with E-state index in [9.17, 15) is 14.6 Å². The van der Waals surface area contributed by atoms with E-state index >= 15 is 0 Å². The van der Waals surface area contributed by atoms with Crippen molar-refractivity contribution in [2.45, 2.75) is 50.3 Å². The highest BCUT2D eigenvalue weighted by Gasteiger charge is 2.28. The second kappa shape index (κ2) is 6.64. The van der Waals surface area contributed by atoms with Gasteiger partial charge in [0.25, 0.3) is 0 Å². The summed E-state index contributed by atoms with van der Waals surface area (Å²) in [5, 5.41) is 9.45. The van der Waals surface area contributed by atoms with Crippen molar-refractivity contribution in [2.75, 3.05) is 6.54 Å². The first-order valence-electron chi connectivity index (χ1n) is 5.76. The minimum atomic E-state index is -2.54. The summed E-state index contributed by atoms with van der Waals surface area (Å²) in [5.41, 5.74) is 5.10. The maximum absolute atomic E-state index is 11.3. The molecular formula is C10H22NO3P. The van der Waals surface area contributed by atoms with Crippen LogP contribution >= 0.6 is 8.03 Å². The highest BCUT2D eigenvalue weighted by molar-refractivity contribution is 7.38. The van der Waals surface area contributed by atoms with Crippen molar-refractivity contribution in [1.82, 2.24) is 0 Å². The Morgan fingerprint density at radius 2 is 1.93 bits per heavy atom. The van der Waals surface area contributed by atoms with Gasteiger partial charge in [-0.2, -0.15) is 0 Å². The van der Waals surface area contributed by atoms with Gasteiger partial charge in [-0.3, -0.25) is 4.57 Å². The molecule has 1 aliphatic rings. The van der Waals surface area contributed by atoms with E-state index in [1.807, 2.05) is 0 Å². The summed E-state index contributed by atoms with van der Waals surface area (Å²) in [6.45, 7) is 0.179. The maximum Gasteiger partial charge on any atom is 0.192 e. The Kier molecular flexibility index (Phi) is 5.83. The number of nitrogens with two attached hydrogens (primary N) is 1. The smallest absolute Gasteiger partial charge is 0.192 e.